The van der Waals surface area contributed by atoms with Gasteiger partial charge in [-0.15, -0.1) is 5.10 Å². The van der Waals surface area contributed by atoms with Crippen molar-refractivity contribution in [3.63, 3.8) is 0 Å². The van der Waals surface area contributed by atoms with Crippen molar-refractivity contribution in [1.82, 2.24) is 9.97 Å². The maximum absolute atomic E-state index is 5.66. The van der Waals surface area contributed by atoms with Gasteiger partial charge in [-0.3, -0.25) is 0 Å². The minimum Gasteiger partial charge on any atom is -0.493 e. The first-order valence-corrected chi connectivity index (χ1v) is 8.41. The Balaban J connectivity index is 1.42. The first kappa shape index (κ1) is 15.1. The van der Waals surface area contributed by atoms with Gasteiger partial charge in [0.2, 0.25) is 11.1 Å². The van der Waals surface area contributed by atoms with E-state index >= 15 is 0 Å². The second-order valence-electron chi connectivity index (χ2n) is 4.57. The smallest absolute Gasteiger partial charge is 0.222 e. The number of benzene rings is 1. The van der Waals surface area contributed by atoms with Gasteiger partial charge in [0.05, 0.1) is 6.61 Å². The van der Waals surface area contributed by atoms with Crippen LogP contribution in [0.25, 0.3) is 0 Å². The summed E-state index contributed by atoms with van der Waals surface area (Å²) in [4.78, 5) is 8.20. The van der Waals surface area contributed by atoms with Crippen LogP contribution in [-0.2, 0) is 0 Å². The zero-order valence-corrected chi connectivity index (χ0v) is 14.3. The monoisotopic (exact) mass is 379 g/mol. The molecular formula is C14H14BrN5OS. The topological polar surface area (TPSA) is 76.4 Å². The number of anilines is 2. The van der Waals surface area contributed by atoms with Crippen LogP contribution in [-0.4, -0.2) is 27.5 Å². The van der Waals surface area contributed by atoms with Gasteiger partial charge >= 0.3 is 0 Å². The molecule has 2 N–H and O–H groups in total. The predicted octanol–water partition coefficient (Wildman–Crippen LogP) is 3.03. The number of thioether (sulfide) groups is 1. The zero-order valence-electron chi connectivity index (χ0n) is 11.9. The largest absolute Gasteiger partial charge is 0.493 e. The Morgan fingerprint density at radius 3 is 2.77 bits per heavy atom. The van der Waals surface area contributed by atoms with Gasteiger partial charge in [-0.25, -0.2) is 4.98 Å². The minimum absolute atomic E-state index is 0.264. The average molecular weight is 380 g/mol. The number of ether oxygens (including phenoxy) is 1. The third kappa shape index (κ3) is 3.89. The molecule has 8 heteroatoms. The molecular weight excluding hydrogens is 366 g/mol. The lowest BCUT2D eigenvalue weighted by molar-refractivity contribution is 0.344. The number of aromatic nitrogens is 2. The summed E-state index contributed by atoms with van der Waals surface area (Å²) in [6, 6.07) is 9.63. The summed E-state index contributed by atoms with van der Waals surface area (Å²) in [6.07, 6.45) is 0. The third-order valence-corrected chi connectivity index (χ3v) is 4.21. The molecule has 1 aliphatic heterocycles. The Morgan fingerprint density at radius 2 is 2.05 bits per heavy atom. The SMILES string of the molecule is Cc1cc(N2N=C2SCCOc2ccc(Br)cc2)nc(N)n1. The Hall–Kier alpha value is -1.80. The third-order valence-electron chi connectivity index (χ3n) is 2.80. The number of nitrogen functional groups attached to an aromatic ring is 1. The number of rotatable bonds is 5. The number of halogens is 1. The van der Waals surface area contributed by atoms with Crippen LogP contribution in [0, 0.1) is 6.92 Å². The van der Waals surface area contributed by atoms with Crippen LogP contribution in [0.3, 0.4) is 0 Å². The molecule has 2 heterocycles. The molecule has 1 aromatic heterocycles. The van der Waals surface area contributed by atoms with Gasteiger partial charge in [-0.1, -0.05) is 27.7 Å². The van der Waals surface area contributed by atoms with Crippen molar-refractivity contribution >= 4 is 44.6 Å². The number of amidine groups is 1. The van der Waals surface area contributed by atoms with Crippen LogP contribution >= 0.6 is 27.7 Å². The van der Waals surface area contributed by atoms with Crippen molar-refractivity contribution in [2.75, 3.05) is 23.1 Å². The molecule has 0 radical (unpaired) electrons. The van der Waals surface area contributed by atoms with Crippen molar-refractivity contribution in [1.29, 1.82) is 0 Å². The Kier molecular flexibility index (Phi) is 4.49. The van der Waals surface area contributed by atoms with Crippen molar-refractivity contribution < 1.29 is 4.74 Å². The zero-order chi connectivity index (χ0) is 15.5. The fourth-order valence-corrected chi connectivity index (χ4v) is 2.78. The van der Waals surface area contributed by atoms with Crippen LogP contribution in [0.1, 0.15) is 5.69 Å². The number of hydrogen-bond donors (Lipinski definition) is 1. The molecule has 0 bridgehead atoms. The van der Waals surface area contributed by atoms with Crippen molar-refractivity contribution in [2.24, 2.45) is 5.10 Å². The quantitative estimate of drug-likeness (QED) is 0.804. The first-order chi connectivity index (χ1) is 10.6. The summed E-state index contributed by atoms with van der Waals surface area (Å²) >= 11 is 5.01. The maximum atomic E-state index is 5.66. The Bertz CT molecular complexity index is 687. The van der Waals surface area contributed by atoms with Crippen LogP contribution < -0.4 is 15.5 Å². The molecule has 1 aromatic carbocycles. The highest BCUT2D eigenvalue weighted by atomic mass is 79.9. The van der Waals surface area contributed by atoms with Crippen LogP contribution in [0.5, 0.6) is 5.75 Å². The molecule has 0 saturated carbocycles. The molecule has 6 nitrogen and oxygen atoms in total. The molecule has 0 unspecified atom stereocenters. The lowest BCUT2D eigenvalue weighted by atomic mass is 10.3. The van der Waals surface area contributed by atoms with Crippen LogP contribution in [0.15, 0.2) is 39.9 Å². The molecule has 22 heavy (non-hydrogen) atoms. The second-order valence-corrected chi connectivity index (χ2v) is 6.55. The number of hydrazone groups is 1. The summed E-state index contributed by atoms with van der Waals surface area (Å²) in [5.74, 6) is 2.64. The molecule has 0 atom stereocenters. The number of nitrogens with zero attached hydrogens (tertiary/aromatic N) is 4. The summed E-state index contributed by atoms with van der Waals surface area (Å²) in [5.41, 5.74) is 6.46. The van der Waals surface area contributed by atoms with E-state index in [0.29, 0.717) is 12.4 Å². The molecule has 0 saturated heterocycles. The molecule has 3 rings (SSSR count). The van der Waals surface area contributed by atoms with E-state index in [1.807, 2.05) is 37.3 Å². The van der Waals surface area contributed by atoms with E-state index in [2.05, 4.69) is 31.0 Å². The van der Waals surface area contributed by atoms with E-state index in [-0.39, 0.29) is 5.95 Å². The second kappa shape index (κ2) is 6.53. The predicted molar refractivity (Wildman–Crippen MR) is 93.2 cm³/mol. The number of hydrogen-bond acceptors (Lipinski definition) is 7. The highest BCUT2D eigenvalue weighted by Crippen LogP contribution is 2.28. The summed E-state index contributed by atoms with van der Waals surface area (Å²) in [5, 5.41) is 6.94. The number of aryl methyl sites for hydroxylation is 1. The van der Waals surface area contributed by atoms with Gasteiger partial charge in [0.25, 0.3) is 0 Å². The van der Waals surface area contributed by atoms with Gasteiger partial charge in [-0.05, 0) is 31.2 Å². The molecule has 2 aromatic rings. The fraction of sp³-hybridized carbons (Fsp3) is 0.214. The van der Waals surface area contributed by atoms with Gasteiger partial charge in [-0.2, -0.15) is 9.99 Å². The van der Waals surface area contributed by atoms with Gasteiger partial charge in [0.1, 0.15) is 5.75 Å². The lowest BCUT2D eigenvalue weighted by Crippen LogP contribution is -2.08. The van der Waals surface area contributed by atoms with Gasteiger partial charge < -0.3 is 10.5 Å². The standard InChI is InChI=1S/C14H14BrN5OS/c1-9-8-12(18-13(16)17-9)20-14(19-20)22-7-6-21-11-4-2-10(15)3-5-11/h2-5,8H,6-7H2,1H3,(H2,16,17,18). The molecule has 0 aliphatic carbocycles. The molecule has 0 spiro atoms. The Morgan fingerprint density at radius 1 is 1.27 bits per heavy atom. The van der Waals surface area contributed by atoms with Crippen molar-refractivity contribution in [3.05, 3.63) is 40.5 Å². The highest BCUT2D eigenvalue weighted by molar-refractivity contribution is 9.10. The van der Waals surface area contributed by atoms with E-state index in [0.717, 1.165) is 26.8 Å². The van der Waals surface area contributed by atoms with Gasteiger partial charge in [0.15, 0.2) is 5.82 Å². The molecule has 0 amide bonds. The maximum Gasteiger partial charge on any atom is 0.222 e. The van der Waals surface area contributed by atoms with E-state index in [1.54, 1.807) is 16.8 Å². The summed E-state index contributed by atoms with van der Waals surface area (Å²) in [6.45, 7) is 2.49. The normalized spacial score (nSPS) is 13.0. The average Bonchev–Trinajstić information content (AvgIpc) is 3.24. The highest BCUT2D eigenvalue weighted by Gasteiger charge is 2.28. The van der Waals surface area contributed by atoms with E-state index in [1.165, 1.54) is 0 Å². The van der Waals surface area contributed by atoms with E-state index in [4.69, 9.17) is 10.5 Å². The van der Waals surface area contributed by atoms with E-state index in [9.17, 15) is 0 Å². The minimum atomic E-state index is 0.264. The van der Waals surface area contributed by atoms with Crippen LogP contribution in [0.4, 0.5) is 11.8 Å². The van der Waals surface area contributed by atoms with Gasteiger partial charge in [0, 0.05) is 22.0 Å². The Labute approximate surface area is 140 Å². The molecule has 0 fully saturated rings. The van der Waals surface area contributed by atoms with Crippen molar-refractivity contribution in [3.8, 4) is 5.75 Å². The fourth-order valence-electron chi connectivity index (χ4n) is 1.81. The summed E-state index contributed by atoms with van der Waals surface area (Å²) in [7, 11) is 0. The molecule has 114 valence electrons. The number of nitrogens with two attached hydrogens (primary N) is 1. The molecule has 1 aliphatic rings. The van der Waals surface area contributed by atoms with Crippen molar-refractivity contribution in [2.45, 2.75) is 6.92 Å². The van der Waals surface area contributed by atoms with Crippen LogP contribution in [0.2, 0.25) is 0 Å². The summed E-state index contributed by atoms with van der Waals surface area (Å²) < 4.78 is 6.70. The first-order valence-electron chi connectivity index (χ1n) is 6.63. The lowest BCUT2D eigenvalue weighted by Gasteiger charge is -2.05. The van der Waals surface area contributed by atoms with E-state index < -0.39 is 0 Å².